The van der Waals surface area contributed by atoms with E-state index in [2.05, 4.69) is 4.98 Å². The molecule has 2 N–H and O–H groups in total. The van der Waals surface area contributed by atoms with Crippen molar-refractivity contribution in [3.63, 3.8) is 0 Å². The van der Waals surface area contributed by atoms with Gasteiger partial charge in [0.05, 0.1) is 0 Å². The van der Waals surface area contributed by atoms with E-state index in [9.17, 15) is 19.8 Å². The number of nitrogens with zero attached hydrogens (tertiary/aromatic N) is 3. The molecule has 2 aliphatic rings. The molecule has 0 radical (unpaired) electrons. The maximum absolute atomic E-state index is 12.8. The summed E-state index contributed by atoms with van der Waals surface area (Å²) >= 11 is 0. The molecule has 0 bridgehead atoms. The predicted octanol–water partition coefficient (Wildman–Crippen LogP) is 2.36. The van der Waals surface area contributed by atoms with Crippen molar-refractivity contribution in [2.75, 3.05) is 7.05 Å². The van der Waals surface area contributed by atoms with Gasteiger partial charge in [-0.1, -0.05) is 49.6 Å². The Balaban J connectivity index is 1.91. The van der Waals surface area contributed by atoms with Gasteiger partial charge in [-0.15, -0.1) is 0 Å². The van der Waals surface area contributed by atoms with E-state index in [1.54, 1.807) is 11.6 Å². The third-order valence-corrected chi connectivity index (χ3v) is 6.68. The highest BCUT2D eigenvalue weighted by Gasteiger charge is 2.45. The molecule has 7 nitrogen and oxygen atoms in total. The first-order valence-electron chi connectivity index (χ1n) is 10.2. The number of aliphatic hydroxyl groups is 1. The lowest BCUT2D eigenvalue weighted by Gasteiger charge is -2.43. The Morgan fingerprint density at radius 3 is 2.45 bits per heavy atom. The number of aromatic hydroxyl groups is 1. The van der Waals surface area contributed by atoms with Gasteiger partial charge in [-0.3, -0.25) is 9.59 Å². The Hall–Kier alpha value is -2.67. The summed E-state index contributed by atoms with van der Waals surface area (Å²) in [5.74, 6) is -0.921. The van der Waals surface area contributed by atoms with Crippen molar-refractivity contribution in [2.45, 2.75) is 63.1 Å². The van der Waals surface area contributed by atoms with Gasteiger partial charge in [0, 0.05) is 25.0 Å². The Kier molecular flexibility index (Phi) is 4.94. The number of benzene rings is 1. The highest BCUT2D eigenvalue weighted by atomic mass is 16.3. The van der Waals surface area contributed by atoms with Crippen molar-refractivity contribution in [1.82, 2.24) is 14.5 Å². The van der Waals surface area contributed by atoms with E-state index in [4.69, 9.17) is 0 Å². The van der Waals surface area contributed by atoms with Gasteiger partial charge in [0.15, 0.2) is 5.69 Å². The van der Waals surface area contributed by atoms with Gasteiger partial charge in [0.25, 0.3) is 5.91 Å². The molecule has 0 saturated heterocycles. The van der Waals surface area contributed by atoms with E-state index in [1.165, 1.54) is 4.90 Å². The molecule has 1 aliphatic heterocycles. The van der Waals surface area contributed by atoms with Crippen LogP contribution in [0.25, 0.3) is 0 Å². The van der Waals surface area contributed by atoms with Gasteiger partial charge in [-0.25, -0.2) is 0 Å². The quantitative estimate of drug-likeness (QED) is 0.829. The van der Waals surface area contributed by atoms with E-state index in [0.29, 0.717) is 6.54 Å². The summed E-state index contributed by atoms with van der Waals surface area (Å²) in [6.45, 7) is 2.25. The highest BCUT2D eigenvalue weighted by molar-refractivity contribution is 5.95. The molecule has 7 heteroatoms. The Labute approximate surface area is 169 Å². The van der Waals surface area contributed by atoms with Crippen LogP contribution in [-0.2, 0) is 12.0 Å². The van der Waals surface area contributed by atoms with Gasteiger partial charge >= 0.3 is 5.56 Å². The number of aliphatic hydroxyl groups excluding tert-OH is 1. The summed E-state index contributed by atoms with van der Waals surface area (Å²) in [5.41, 5.74) is -0.526. The van der Waals surface area contributed by atoms with E-state index in [-0.39, 0.29) is 17.6 Å². The largest absolute Gasteiger partial charge is 0.501 e. The second-order valence-electron chi connectivity index (χ2n) is 8.33. The topological polar surface area (TPSA) is 95.7 Å². The molecule has 29 heavy (non-hydrogen) atoms. The summed E-state index contributed by atoms with van der Waals surface area (Å²) in [5, 5.41) is 21.9. The molecular formula is C22H27N3O4. The molecule has 2 atom stereocenters. The van der Waals surface area contributed by atoms with Crippen LogP contribution in [-0.4, -0.2) is 43.7 Å². The lowest BCUT2D eigenvalue weighted by atomic mass is 9.65. The molecule has 1 amide bonds. The average Bonchev–Trinajstić information content (AvgIpc) is 2.75. The zero-order valence-corrected chi connectivity index (χ0v) is 16.8. The van der Waals surface area contributed by atoms with Crippen molar-refractivity contribution >= 4 is 5.91 Å². The summed E-state index contributed by atoms with van der Waals surface area (Å²) in [6.07, 6.45) is 3.53. The minimum Gasteiger partial charge on any atom is -0.501 e. The van der Waals surface area contributed by atoms with Crippen molar-refractivity contribution in [2.24, 2.45) is 0 Å². The average molecular weight is 397 g/mol. The Morgan fingerprint density at radius 2 is 1.79 bits per heavy atom. The fraction of sp³-hybridized carbons (Fsp3) is 0.500. The maximum Gasteiger partial charge on any atom is 0.316 e. The van der Waals surface area contributed by atoms with Gasteiger partial charge in [-0.05, 0) is 25.3 Å². The van der Waals surface area contributed by atoms with Crippen molar-refractivity contribution in [1.29, 1.82) is 0 Å². The molecule has 0 spiro atoms. The third kappa shape index (κ3) is 3.04. The van der Waals surface area contributed by atoms with Crippen molar-refractivity contribution in [3.05, 3.63) is 57.8 Å². The van der Waals surface area contributed by atoms with Gasteiger partial charge in [0.1, 0.15) is 11.9 Å². The first-order chi connectivity index (χ1) is 13.9. The molecule has 1 aromatic carbocycles. The monoisotopic (exact) mass is 397 g/mol. The number of fused-ring (bicyclic) bond motifs is 1. The lowest BCUT2D eigenvalue weighted by molar-refractivity contribution is 0.0369. The van der Waals surface area contributed by atoms with Crippen LogP contribution >= 0.6 is 0 Å². The fourth-order valence-electron chi connectivity index (χ4n) is 4.85. The number of hydrogen-bond acceptors (Lipinski definition) is 5. The highest BCUT2D eigenvalue weighted by Crippen LogP contribution is 2.48. The number of amides is 1. The normalized spacial score (nSPS) is 22.2. The van der Waals surface area contributed by atoms with Crippen LogP contribution in [0.2, 0.25) is 0 Å². The molecule has 1 saturated carbocycles. The van der Waals surface area contributed by atoms with Gasteiger partial charge in [0.2, 0.25) is 5.75 Å². The summed E-state index contributed by atoms with van der Waals surface area (Å²) in [4.78, 5) is 30.8. The van der Waals surface area contributed by atoms with Crippen LogP contribution in [0.1, 0.15) is 67.0 Å². The second kappa shape index (κ2) is 7.30. The number of likely N-dealkylation sites (N-methyl/N-ethyl adjacent to an activating group) is 1. The SMILES string of the molecule is C[C@H]1Cn2c([C@@H](O)C3(c4ccccc4)CCCCC3)nc(=O)c(O)c2C(=O)N1C. The number of rotatable bonds is 3. The fourth-order valence-corrected chi connectivity index (χ4v) is 4.85. The lowest BCUT2D eigenvalue weighted by Crippen LogP contribution is -2.48. The van der Waals surface area contributed by atoms with Crippen molar-refractivity contribution in [3.8, 4) is 5.75 Å². The zero-order valence-electron chi connectivity index (χ0n) is 16.8. The molecule has 1 aromatic heterocycles. The maximum atomic E-state index is 12.8. The minimum atomic E-state index is -1.05. The summed E-state index contributed by atoms with van der Waals surface area (Å²) in [7, 11) is 1.64. The molecule has 2 heterocycles. The summed E-state index contributed by atoms with van der Waals surface area (Å²) in [6, 6.07) is 9.70. The number of hydrogen-bond donors (Lipinski definition) is 2. The Bertz CT molecular complexity index is 980. The van der Waals surface area contributed by atoms with Crippen LogP contribution in [0.15, 0.2) is 35.1 Å². The van der Waals surface area contributed by atoms with Crippen LogP contribution in [0.5, 0.6) is 5.75 Å². The molecular weight excluding hydrogens is 370 g/mol. The first kappa shape index (κ1) is 19.6. The van der Waals surface area contributed by atoms with Crippen LogP contribution < -0.4 is 5.56 Å². The second-order valence-corrected chi connectivity index (χ2v) is 8.33. The molecule has 1 fully saturated rings. The number of aromatic nitrogens is 2. The van der Waals surface area contributed by atoms with Crippen LogP contribution in [0.4, 0.5) is 0 Å². The van der Waals surface area contributed by atoms with E-state index < -0.39 is 28.7 Å². The number of carbonyl (C=O) groups is 1. The smallest absolute Gasteiger partial charge is 0.316 e. The summed E-state index contributed by atoms with van der Waals surface area (Å²) < 4.78 is 1.55. The molecule has 0 unspecified atom stereocenters. The minimum absolute atomic E-state index is 0.0846. The van der Waals surface area contributed by atoms with Crippen molar-refractivity contribution < 1.29 is 15.0 Å². The molecule has 1 aliphatic carbocycles. The van der Waals surface area contributed by atoms with Gasteiger partial charge in [-0.2, -0.15) is 4.98 Å². The van der Waals surface area contributed by atoms with Crippen LogP contribution in [0, 0.1) is 0 Å². The standard InChI is InChI=1S/C22H27N3O4/c1-14-13-25-16(21(29)24(14)2)17(26)20(28)23-19(25)18(27)22(11-7-4-8-12-22)15-9-5-3-6-10-15/h3,5-6,9-10,14,18,26-27H,4,7-8,11-13H2,1-2H3/t14-,18+/m0/s1. The molecule has 2 aromatic rings. The molecule has 4 rings (SSSR count). The van der Waals surface area contributed by atoms with Crippen LogP contribution in [0.3, 0.4) is 0 Å². The van der Waals surface area contributed by atoms with E-state index in [1.807, 2.05) is 37.3 Å². The third-order valence-electron chi connectivity index (χ3n) is 6.68. The predicted molar refractivity (Wildman–Crippen MR) is 108 cm³/mol. The first-order valence-corrected chi connectivity index (χ1v) is 10.2. The zero-order chi connectivity index (χ0) is 20.8. The van der Waals surface area contributed by atoms with Gasteiger partial charge < -0.3 is 19.7 Å². The Morgan fingerprint density at radius 1 is 1.14 bits per heavy atom. The molecule has 154 valence electrons. The number of carbonyl (C=O) groups excluding carboxylic acids is 1. The van der Waals surface area contributed by atoms with E-state index in [0.717, 1.165) is 37.7 Å². The van der Waals surface area contributed by atoms with E-state index >= 15 is 0 Å².